The van der Waals surface area contributed by atoms with E-state index in [4.69, 9.17) is 0 Å². The van der Waals surface area contributed by atoms with Gasteiger partial charge >= 0.3 is 0 Å². The molecule has 2 fully saturated rings. The zero-order valence-corrected chi connectivity index (χ0v) is 25.9. The number of hydrogen-bond donors (Lipinski definition) is 4. The molecule has 4 rings (SSSR count). The topological polar surface area (TPSA) is 87.4 Å². The lowest BCUT2D eigenvalue weighted by Gasteiger charge is -2.66. The molecule has 2 unspecified atom stereocenters. The van der Waals surface area contributed by atoms with E-state index < -0.39 is 45.6 Å². The molecule has 0 aromatic heterocycles. The molecule has 0 saturated carbocycles. The van der Waals surface area contributed by atoms with E-state index in [2.05, 4.69) is 65.2 Å². The minimum atomic E-state index is -1.33. The molecular formula is C34H52N2O4. The number of nitrogens with zero attached hydrogens (tertiary/aromatic N) is 2. The number of aliphatic hydroxyl groups is 4. The molecule has 0 bridgehead atoms. The van der Waals surface area contributed by atoms with E-state index >= 15 is 0 Å². The van der Waals surface area contributed by atoms with Crippen LogP contribution in [0.15, 0.2) is 60.7 Å². The average Bonchev–Trinajstić information content (AvgIpc) is 2.83. The summed E-state index contributed by atoms with van der Waals surface area (Å²) in [6.07, 6.45) is 0.262. The summed E-state index contributed by atoms with van der Waals surface area (Å²) in [6.45, 7) is 17.8. The van der Waals surface area contributed by atoms with Gasteiger partial charge in [-0.3, -0.25) is 9.80 Å². The molecule has 2 aromatic carbocycles. The van der Waals surface area contributed by atoms with E-state index in [1.165, 1.54) is 0 Å². The van der Waals surface area contributed by atoms with Crippen LogP contribution in [0.25, 0.3) is 0 Å². The summed E-state index contributed by atoms with van der Waals surface area (Å²) < 4.78 is 0. The average molecular weight is 553 g/mol. The van der Waals surface area contributed by atoms with E-state index in [0.29, 0.717) is 38.8 Å². The predicted molar refractivity (Wildman–Crippen MR) is 161 cm³/mol. The van der Waals surface area contributed by atoms with Crippen molar-refractivity contribution in [3.05, 3.63) is 71.8 Å². The van der Waals surface area contributed by atoms with Crippen LogP contribution in [-0.2, 0) is 0 Å². The number of hydrogen-bond acceptors (Lipinski definition) is 6. The van der Waals surface area contributed by atoms with Crippen molar-refractivity contribution in [2.24, 2.45) is 0 Å². The monoisotopic (exact) mass is 552 g/mol. The van der Waals surface area contributed by atoms with Gasteiger partial charge in [0.25, 0.3) is 0 Å². The van der Waals surface area contributed by atoms with Crippen LogP contribution in [0.1, 0.15) is 104 Å². The molecule has 2 atom stereocenters. The molecule has 4 N–H and O–H groups in total. The van der Waals surface area contributed by atoms with Crippen LogP contribution >= 0.6 is 0 Å². The van der Waals surface area contributed by atoms with Crippen LogP contribution in [0.4, 0.5) is 0 Å². The summed E-state index contributed by atoms with van der Waals surface area (Å²) >= 11 is 0. The lowest BCUT2D eigenvalue weighted by molar-refractivity contribution is -0.265. The van der Waals surface area contributed by atoms with Gasteiger partial charge in [0.2, 0.25) is 0 Å². The second kappa shape index (κ2) is 10.5. The Balaban J connectivity index is 1.59. The summed E-state index contributed by atoms with van der Waals surface area (Å²) in [5.74, 6) is 0. The molecule has 0 spiro atoms. The van der Waals surface area contributed by atoms with E-state index in [-0.39, 0.29) is 0 Å². The van der Waals surface area contributed by atoms with Crippen LogP contribution in [0.3, 0.4) is 0 Å². The number of benzene rings is 2. The van der Waals surface area contributed by atoms with Crippen molar-refractivity contribution in [3.63, 3.8) is 0 Å². The van der Waals surface area contributed by atoms with Gasteiger partial charge in [0.1, 0.15) is 0 Å². The van der Waals surface area contributed by atoms with Crippen molar-refractivity contribution in [3.8, 4) is 0 Å². The van der Waals surface area contributed by atoms with Crippen molar-refractivity contribution in [1.29, 1.82) is 0 Å². The Morgan fingerprint density at radius 1 is 0.525 bits per heavy atom. The standard InChI is InChI=1S/C34H52N2O4/c1-29(2)21-33(39,22-30(3,4)35(29)19-27(37)25-15-11-9-12-16-25)34(40)23-31(5,6)36(32(7,8)24-34)20-28(38)26-17-13-10-14-18-26/h9-18,27-28,37-40H,19-24H2,1-8H3. The van der Waals surface area contributed by atoms with E-state index in [1.807, 2.05) is 60.7 Å². The fourth-order valence-electron chi connectivity index (χ4n) is 8.56. The highest BCUT2D eigenvalue weighted by Crippen LogP contribution is 2.55. The quantitative estimate of drug-likeness (QED) is 0.377. The maximum absolute atomic E-state index is 12.5. The summed E-state index contributed by atoms with van der Waals surface area (Å²) in [7, 11) is 0. The SMILES string of the molecule is CC1(C)CC(O)(C2(O)CC(C)(C)N(CC(O)c3ccccc3)C(C)(C)C2)CC(C)(C)N1CC(O)c1ccccc1. The summed E-state index contributed by atoms with van der Waals surface area (Å²) in [6, 6.07) is 19.4. The molecule has 222 valence electrons. The minimum absolute atomic E-state index is 0.389. The van der Waals surface area contributed by atoms with Gasteiger partial charge in [0.05, 0.1) is 23.4 Å². The third kappa shape index (κ3) is 5.90. The first-order valence-electron chi connectivity index (χ1n) is 14.8. The Bertz CT molecular complexity index is 1020. The van der Waals surface area contributed by atoms with Crippen molar-refractivity contribution in [2.75, 3.05) is 13.1 Å². The molecule has 2 heterocycles. The van der Waals surface area contributed by atoms with E-state index in [1.54, 1.807) is 0 Å². The highest BCUT2D eigenvalue weighted by molar-refractivity contribution is 5.23. The fraction of sp³-hybridized carbons (Fsp3) is 0.647. The van der Waals surface area contributed by atoms with Crippen molar-refractivity contribution >= 4 is 0 Å². The van der Waals surface area contributed by atoms with Gasteiger partial charge in [-0.25, -0.2) is 0 Å². The van der Waals surface area contributed by atoms with Gasteiger partial charge in [-0.1, -0.05) is 60.7 Å². The number of piperidine rings is 2. The van der Waals surface area contributed by atoms with Crippen LogP contribution in [-0.4, -0.2) is 76.7 Å². The maximum Gasteiger partial charge on any atom is 0.0969 e. The van der Waals surface area contributed by atoms with Crippen LogP contribution in [0, 0.1) is 0 Å². The smallest absolute Gasteiger partial charge is 0.0969 e. The second-order valence-corrected chi connectivity index (χ2v) is 15.1. The molecule has 0 amide bonds. The Kier molecular flexibility index (Phi) is 8.16. The van der Waals surface area contributed by atoms with Gasteiger partial charge in [0.15, 0.2) is 0 Å². The van der Waals surface area contributed by atoms with Crippen LogP contribution in [0.5, 0.6) is 0 Å². The number of likely N-dealkylation sites (tertiary alicyclic amines) is 2. The maximum atomic E-state index is 12.5. The molecular weight excluding hydrogens is 500 g/mol. The zero-order valence-electron chi connectivity index (χ0n) is 25.9. The number of rotatable bonds is 7. The second-order valence-electron chi connectivity index (χ2n) is 15.1. The molecule has 2 saturated heterocycles. The molecule has 2 aliphatic rings. The van der Waals surface area contributed by atoms with Crippen LogP contribution in [0.2, 0.25) is 0 Å². The highest BCUT2D eigenvalue weighted by atomic mass is 16.4. The van der Waals surface area contributed by atoms with Crippen LogP contribution < -0.4 is 0 Å². The Morgan fingerprint density at radius 2 is 0.775 bits per heavy atom. The largest absolute Gasteiger partial charge is 0.387 e. The van der Waals surface area contributed by atoms with Gasteiger partial charge in [-0.05, 0) is 92.2 Å². The predicted octanol–water partition coefficient (Wildman–Crippen LogP) is 5.22. The normalized spacial score (nSPS) is 26.6. The zero-order chi connectivity index (χ0) is 29.8. The first-order valence-corrected chi connectivity index (χ1v) is 14.8. The molecule has 6 nitrogen and oxygen atoms in total. The molecule has 40 heavy (non-hydrogen) atoms. The Labute approximate surface area is 241 Å². The molecule has 0 radical (unpaired) electrons. The summed E-state index contributed by atoms with van der Waals surface area (Å²) in [4.78, 5) is 4.61. The van der Waals surface area contributed by atoms with Crippen molar-refractivity contribution in [1.82, 2.24) is 9.80 Å². The third-order valence-corrected chi connectivity index (χ3v) is 9.77. The van der Waals surface area contributed by atoms with Crippen molar-refractivity contribution in [2.45, 2.75) is 127 Å². The fourth-order valence-corrected chi connectivity index (χ4v) is 8.56. The number of β-amino-alcohol motifs (C(OH)–C–C–N with tert-alkyl or cyclic N) is 2. The van der Waals surface area contributed by atoms with Gasteiger partial charge in [0, 0.05) is 35.2 Å². The Hall–Kier alpha value is -1.80. The first kappa shape index (κ1) is 31.1. The molecule has 0 aliphatic carbocycles. The summed E-state index contributed by atoms with van der Waals surface area (Å²) in [5, 5.41) is 47.2. The minimum Gasteiger partial charge on any atom is -0.387 e. The molecule has 2 aromatic rings. The summed E-state index contributed by atoms with van der Waals surface area (Å²) in [5.41, 5.74) is -2.80. The third-order valence-electron chi connectivity index (χ3n) is 9.77. The van der Waals surface area contributed by atoms with E-state index in [0.717, 1.165) is 11.1 Å². The first-order chi connectivity index (χ1) is 18.3. The van der Waals surface area contributed by atoms with E-state index in [9.17, 15) is 20.4 Å². The van der Waals surface area contributed by atoms with Crippen molar-refractivity contribution < 1.29 is 20.4 Å². The van der Waals surface area contributed by atoms with Gasteiger partial charge in [-0.15, -0.1) is 0 Å². The van der Waals surface area contributed by atoms with Gasteiger partial charge in [-0.2, -0.15) is 0 Å². The number of aliphatic hydroxyl groups excluding tert-OH is 2. The lowest BCUT2D eigenvalue weighted by Crippen LogP contribution is -2.76. The Morgan fingerprint density at radius 3 is 1.02 bits per heavy atom. The molecule has 6 heteroatoms. The lowest BCUT2D eigenvalue weighted by atomic mass is 9.57. The molecule has 2 aliphatic heterocycles. The van der Waals surface area contributed by atoms with Gasteiger partial charge < -0.3 is 20.4 Å². The highest BCUT2D eigenvalue weighted by Gasteiger charge is 2.65.